The molecule has 2 aromatic heterocycles. The van der Waals surface area contributed by atoms with Gasteiger partial charge < -0.3 is 14.8 Å². The molecule has 2 rings (SSSR count). The fourth-order valence-corrected chi connectivity index (χ4v) is 2.52. The van der Waals surface area contributed by atoms with Gasteiger partial charge in [-0.25, -0.2) is 9.97 Å². The maximum Gasteiger partial charge on any atom is 0.136 e. The summed E-state index contributed by atoms with van der Waals surface area (Å²) in [7, 11) is 3.36. The highest BCUT2D eigenvalue weighted by molar-refractivity contribution is 5.61. The zero-order valence-electron chi connectivity index (χ0n) is 16.3. The Morgan fingerprint density at radius 2 is 1.84 bits per heavy atom. The van der Waals surface area contributed by atoms with Gasteiger partial charge >= 0.3 is 0 Å². The smallest absolute Gasteiger partial charge is 0.136 e. The Morgan fingerprint density at radius 3 is 2.44 bits per heavy atom. The number of aryl methyl sites for hydroxylation is 1. The predicted molar refractivity (Wildman–Crippen MR) is 98.3 cm³/mol. The van der Waals surface area contributed by atoms with Crippen LogP contribution in [-0.2, 0) is 28.0 Å². The summed E-state index contributed by atoms with van der Waals surface area (Å²) in [6.07, 6.45) is 0. The molecular formula is C18H29N5O2. The first-order valence-corrected chi connectivity index (χ1v) is 8.43. The molecule has 25 heavy (non-hydrogen) atoms. The third-order valence-electron chi connectivity index (χ3n) is 3.88. The molecule has 0 aliphatic carbocycles. The number of aromatic nitrogens is 4. The topological polar surface area (TPSA) is 74.1 Å². The van der Waals surface area contributed by atoms with Crippen LogP contribution < -0.4 is 5.32 Å². The molecule has 0 aliphatic heterocycles. The summed E-state index contributed by atoms with van der Waals surface area (Å²) in [6.45, 7) is 12.1. The highest BCUT2D eigenvalue weighted by atomic mass is 16.5. The van der Waals surface area contributed by atoms with Gasteiger partial charge in [0.2, 0.25) is 0 Å². The van der Waals surface area contributed by atoms with Gasteiger partial charge in [-0.05, 0) is 13.8 Å². The molecule has 138 valence electrons. The summed E-state index contributed by atoms with van der Waals surface area (Å²) in [4.78, 5) is 9.31. The van der Waals surface area contributed by atoms with Crippen LogP contribution in [0, 0.1) is 13.8 Å². The van der Waals surface area contributed by atoms with Crippen LogP contribution in [0.15, 0.2) is 6.07 Å². The van der Waals surface area contributed by atoms with Crippen LogP contribution in [0.3, 0.4) is 0 Å². The van der Waals surface area contributed by atoms with Crippen molar-refractivity contribution in [1.82, 2.24) is 19.7 Å². The second-order valence-corrected chi connectivity index (χ2v) is 7.14. The van der Waals surface area contributed by atoms with Gasteiger partial charge in [-0.3, -0.25) is 4.68 Å². The van der Waals surface area contributed by atoms with Crippen LogP contribution in [-0.4, -0.2) is 40.6 Å². The Labute approximate surface area is 149 Å². The van der Waals surface area contributed by atoms with Crippen LogP contribution in [0.25, 0.3) is 0 Å². The molecule has 0 aromatic carbocycles. The Bertz CT molecular complexity index is 719. The van der Waals surface area contributed by atoms with E-state index in [4.69, 9.17) is 14.5 Å². The number of hydrogen-bond donors (Lipinski definition) is 1. The second kappa shape index (κ2) is 7.93. The van der Waals surface area contributed by atoms with Gasteiger partial charge in [-0.1, -0.05) is 20.8 Å². The number of nitrogens with zero attached hydrogens (tertiary/aromatic N) is 4. The average molecular weight is 347 g/mol. The highest BCUT2D eigenvalue weighted by Crippen LogP contribution is 2.26. The van der Waals surface area contributed by atoms with Crippen LogP contribution in [0.4, 0.5) is 11.5 Å². The minimum atomic E-state index is -0.146. The molecule has 0 atom stereocenters. The zero-order chi connectivity index (χ0) is 18.6. The molecule has 7 heteroatoms. The maximum atomic E-state index is 5.25. The molecular weight excluding hydrogens is 318 g/mol. The SMILES string of the molecule is COCCn1nc(C)c(Nc2cc(COC)nc(C(C)(C)C)n2)c1C. The zero-order valence-corrected chi connectivity index (χ0v) is 16.3. The van der Waals surface area contributed by atoms with Crippen molar-refractivity contribution in [2.45, 2.75) is 53.2 Å². The van der Waals surface area contributed by atoms with Crippen molar-refractivity contribution in [3.05, 3.63) is 29.0 Å². The number of anilines is 2. The van der Waals surface area contributed by atoms with E-state index in [1.165, 1.54) is 0 Å². The fraction of sp³-hybridized carbons (Fsp3) is 0.611. The van der Waals surface area contributed by atoms with Gasteiger partial charge in [-0.15, -0.1) is 0 Å². The van der Waals surface area contributed by atoms with Gasteiger partial charge in [0.25, 0.3) is 0 Å². The summed E-state index contributed by atoms with van der Waals surface area (Å²) < 4.78 is 12.3. The molecule has 0 unspecified atom stereocenters. The molecule has 2 heterocycles. The third kappa shape index (κ3) is 4.76. The van der Waals surface area contributed by atoms with Crippen molar-refractivity contribution in [1.29, 1.82) is 0 Å². The predicted octanol–water partition coefficient (Wildman–Crippen LogP) is 3.12. The largest absolute Gasteiger partial charge is 0.383 e. The van der Waals surface area contributed by atoms with E-state index < -0.39 is 0 Å². The molecule has 0 amide bonds. The summed E-state index contributed by atoms with van der Waals surface area (Å²) in [5, 5.41) is 8.00. The maximum absolute atomic E-state index is 5.25. The molecule has 0 spiro atoms. The summed E-state index contributed by atoms with van der Waals surface area (Å²) in [6, 6.07) is 1.92. The third-order valence-corrected chi connectivity index (χ3v) is 3.88. The van der Waals surface area contributed by atoms with Crippen LogP contribution in [0.5, 0.6) is 0 Å². The summed E-state index contributed by atoms with van der Waals surface area (Å²) in [5.74, 6) is 1.54. The van der Waals surface area contributed by atoms with E-state index in [-0.39, 0.29) is 5.41 Å². The molecule has 0 saturated heterocycles. The van der Waals surface area contributed by atoms with E-state index in [2.05, 4.69) is 36.2 Å². The lowest BCUT2D eigenvalue weighted by Crippen LogP contribution is -2.18. The van der Waals surface area contributed by atoms with Gasteiger partial charge in [0, 0.05) is 25.7 Å². The average Bonchev–Trinajstić information content (AvgIpc) is 2.80. The Hall–Kier alpha value is -1.99. The summed E-state index contributed by atoms with van der Waals surface area (Å²) >= 11 is 0. The number of hydrogen-bond acceptors (Lipinski definition) is 6. The number of rotatable bonds is 7. The molecule has 0 bridgehead atoms. The minimum Gasteiger partial charge on any atom is -0.383 e. The lowest BCUT2D eigenvalue weighted by molar-refractivity contribution is 0.181. The summed E-state index contributed by atoms with van der Waals surface area (Å²) in [5.41, 5.74) is 3.66. The monoisotopic (exact) mass is 347 g/mol. The highest BCUT2D eigenvalue weighted by Gasteiger charge is 2.20. The number of nitrogens with one attached hydrogen (secondary N) is 1. The van der Waals surface area contributed by atoms with Crippen LogP contribution >= 0.6 is 0 Å². The quantitative estimate of drug-likeness (QED) is 0.829. The van der Waals surface area contributed by atoms with Gasteiger partial charge in [0.1, 0.15) is 11.6 Å². The first kappa shape index (κ1) is 19.3. The van der Waals surface area contributed by atoms with Crippen molar-refractivity contribution in [2.75, 3.05) is 26.1 Å². The van der Waals surface area contributed by atoms with Gasteiger partial charge in [0.15, 0.2) is 0 Å². The lowest BCUT2D eigenvalue weighted by atomic mass is 9.95. The lowest BCUT2D eigenvalue weighted by Gasteiger charge is -2.19. The molecule has 0 fully saturated rings. The van der Waals surface area contributed by atoms with Gasteiger partial charge in [-0.2, -0.15) is 5.10 Å². The standard InChI is InChI=1S/C18H29N5O2/c1-12-16(13(2)23(22-12)8-9-24-6)20-15-10-14(11-25-7)19-17(21-15)18(3,4)5/h10H,8-9,11H2,1-7H3,(H,19,20,21). The Balaban J connectivity index is 2.36. The fourth-order valence-electron chi connectivity index (χ4n) is 2.52. The Morgan fingerprint density at radius 1 is 1.12 bits per heavy atom. The van der Waals surface area contributed by atoms with E-state index in [1.807, 2.05) is 24.6 Å². The van der Waals surface area contributed by atoms with E-state index >= 15 is 0 Å². The van der Waals surface area contributed by atoms with Crippen molar-refractivity contribution >= 4 is 11.5 Å². The minimum absolute atomic E-state index is 0.146. The van der Waals surface area contributed by atoms with Crippen molar-refractivity contribution < 1.29 is 9.47 Å². The number of methoxy groups -OCH3 is 2. The molecule has 0 saturated carbocycles. The van der Waals surface area contributed by atoms with E-state index in [1.54, 1.807) is 14.2 Å². The first-order chi connectivity index (χ1) is 11.8. The Kier molecular flexibility index (Phi) is 6.13. The molecule has 0 radical (unpaired) electrons. The molecule has 1 N–H and O–H groups in total. The first-order valence-electron chi connectivity index (χ1n) is 8.43. The molecule has 2 aromatic rings. The normalized spacial score (nSPS) is 11.8. The van der Waals surface area contributed by atoms with E-state index in [0.717, 1.165) is 41.0 Å². The van der Waals surface area contributed by atoms with E-state index in [9.17, 15) is 0 Å². The van der Waals surface area contributed by atoms with E-state index in [0.29, 0.717) is 13.2 Å². The van der Waals surface area contributed by atoms with Crippen molar-refractivity contribution in [2.24, 2.45) is 0 Å². The van der Waals surface area contributed by atoms with Crippen molar-refractivity contribution in [3.63, 3.8) is 0 Å². The van der Waals surface area contributed by atoms with Crippen LogP contribution in [0.2, 0.25) is 0 Å². The second-order valence-electron chi connectivity index (χ2n) is 7.14. The van der Waals surface area contributed by atoms with Gasteiger partial charge in [0.05, 0.1) is 42.5 Å². The van der Waals surface area contributed by atoms with Crippen molar-refractivity contribution in [3.8, 4) is 0 Å². The molecule has 0 aliphatic rings. The molecule has 7 nitrogen and oxygen atoms in total. The number of ether oxygens (including phenoxy) is 2. The van der Waals surface area contributed by atoms with Crippen LogP contribution in [0.1, 0.15) is 43.7 Å².